The molecule has 1 amide bonds. The van der Waals surface area contributed by atoms with Crippen LogP contribution in [0, 0.1) is 13.8 Å². The van der Waals surface area contributed by atoms with Crippen LogP contribution in [0.15, 0.2) is 28.7 Å². The van der Waals surface area contributed by atoms with E-state index in [1.165, 1.54) is 0 Å². The van der Waals surface area contributed by atoms with Crippen molar-refractivity contribution in [3.63, 3.8) is 0 Å². The van der Waals surface area contributed by atoms with Gasteiger partial charge in [0.05, 0.1) is 5.69 Å². The molecule has 21 heavy (non-hydrogen) atoms. The molecule has 6 heteroatoms. The molecule has 0 saturated heterocycles. The van der Waals surface area contributed by atoms with Crippen LogP contribution < -0.4 is 11.1 Å². The highest BCUT2D eigenvalue weighted by atomic mass is 35.5. The monoisotopic (exact) mass is 309 g/mol. The summed E-state index contributed by atoms with van der Waals surface area (Å²) in [4.78, 5) is 16.0. The van der Waals surface area contributed by atoms with E-state index in [1.54, 1.807) is 0 Å². The highest BCUT2D eigenvalue weighted by Crippen LogP contribution is 2.24. The van der Waals surface area contributed by atoms with Gasteiger partial charge in [-0.25, -0.2) is 4.98 Å². The van der Waals surface area contributed by atoms with Crippen molar-refractivity contribution in [3.05, 3.63) is 35.7 Å². The van der Waals surface area contributed by atoms with Crippen LogP contribution in [-0.4, -0.2) is 17.4 Å². The van der Waals surface area contributed by atoms with Crippen molar-refractivity contribution in [2.45, 2.75) is 26.7 Å². The summed E-state index contributed by atoms with van der Waals surface area (Å²) in [5.74, 6) is 1.34. The van der Waals surface area contributed by atoms with E-state index < -0.39 is 0 Å². The fourth-order valence-corrected chi connectivity index (χ4v) is 1.81. The Morgan fingerprint density at radius 3 is 2.76 bits per heavy atom. The summed E-state index contributed by atoms with van der Waals surface area (Å²) in [7, 11) is 0. The number of anilines is 1. The van der Waals surface area contributed by atoms with Crippen LogP contribution in [0.25, 0.3) is 11.5 Å². The van der Waals surface area contributed by atoms with Crippen LogP contribution in [0.2, 0.25) is 0 Å². The maximum atomic E-state index is 11.7. The van der Waals surface area contributed by atoms with Crippen molar-refractivity contribution in [2.75, 3.05) is 11.9 Å². The van der Waals surface area contributed by atoms with E-state index in [9.17, 15) is 4.79 Å². The predicted molar refractivity (Wildman–Crippen MR) is 85.6 cm³/mol. The number of nitrogens with zero attached hydrogens (tertiary/aromatic N) is 1. The first-order valence-electron chi connectivity index (χ1n) is 6.64. The number of hydrogen-bond donors (Lipinski definition) is 2. The minimum absolute atomic E-state index is 0. The van der Waals surface area contributed by atoms with Crippen LogP contribution in [0.3, 0.4) is 0 Å². The number of hydrogen-bond acceptors (Lipinski definition) is 4. The van der Waals surface area contributed by atoms with Crippen molar-refractivity contribution >= 4 is 24.0 Å². The third-order valence-electron chi connectivity index (χ3n) is 3.03. The first-order chi connectivity index (χ1) is 9.60. The van der Waals surface area contributed by atoms with Crippen molar-refractivity contribution < 1.29 is 9.21 Å². The molecule has 2 rings (SSSR count). The molecule has 0 saturated carbocycles. The second-order valence-corrected chi connectivity index (χ2v) is 4.68. The molecular formula is C15H20ClN3O2. The quantitative estimate of drug-likeness (QED) is 0.889. The lowest BCUT2D eigenvalue weighted by Gasteiger charge is -2.05. The summed E-state index contributed by atoms with van der Waals surface area (Å²) in [6.07, 6.45) is 1.11. The molecule has 0 aliphatic heterocycles. The van der Waals surface area contributed by atoms with Gasteiger partial charge in [-0.2, -0.15) is 0 Å². The molecule has 0 radical (unpaired) electrons. The molecular weight excluding hydrogens is 290 g/mol. The van der Waals surface area contributed by atoms with E-state index in [4.69, 9.17) is 10.2 Å². The normalized spacial score (nSPS) is 10.0. The number of amides is 1. The Kier molecular flexibility index (Phi) is 6.39. The van der Waals surface area contributed by atoms with Gasteiger partial charge in [0.2, 0.25) is 11.8 Å². The van der Waals surface area contributed by atoms with Gasteiger partial charge in [0.15, 0.2) is 0 Å². The van der Waals surface area contributed by atoms with Crippen molar-refractivity contribution in [1.29, 1.82) is 0 Å². The lowest BCUT2D eigenvalue weighted by Crippen LogP contribution is -2.13. The molecule has 0 aliphatic rings. The Balaban J connectivity index is 0.00000220. The van der Waals surface area contributed by atoms with E-state index in [0.717, 1.165) is 22.7 Å². The molecule has 0 aliphatic carbocycles. The summed E-state index contributed by atoms with van der Waals surface area (Å²) < 4.78 is 5.58. The van der Waals surface area contributed by atoms with E-state index in [1.807, 2.05) is 38.1 Å². The molecule has 0 fully saturated rings. The van der Waals surface area contributed by atoms with E-state index in [0.29, 0.717) is 25.3 Å². The Hall–Kier alpha value is -1.85. The SMILES string of the molecule is Cc1nc(-c2cccc(NC(=O)CCCN)c2)oc1C.Cl. The van der Waals surface area contributed by atoms with E-state index >= 15 is 0 Å². The van der Waals surface area contributed by atoms with Crippen molar-refractivity contribution in [2.24, 2.45) is 5.73 Å². The number of oxazole rings is 1. The summed E-state index contributed by atoms with van der Waals surface area (Å²) in [6.45, 7) is 4.30. The standard InChI is InChI=1S/C15H19N3O2.ClH/c1-10-11(2)20-15(17-10)12-5-3-6-13(9-12)18-14(19)7-4-8-16;/h3,5-6,9H,4,7-8,16H2,1-2H3,(H,18,19);1H. The van der Waals surface area contributed by atoms with Gasteiger partial charge in [0.25, 0.3) is 0 Å². The minimum Gasteiger partial charge on any atom is -0.441 e. The number of aromatic nitrogens is 1. The molecule has 2 aromatic rings. The van der Waals surface area contributed by atoms with Crippen LogP contribution in [-0.2, 0) is 4.79 Å². The predicted octanol–water partition coefficient (Wildman–Crippen LogP) is 3.06. The Bertz CT molecular complexity index is 591. The van der Waals surface area contributed by atoms with Gasteiger partial charge < -0.3 is 15.5 Å². The topological polar surface area (TPSA) is 81.2 Å². The summed E-state index contributed by atoms with van der Waals surface area (Å²) in [5.41, 5.74) is 7.84. The number of nitrogens with two attached hydrogens (primary N) is 1. The van der Waals surface area contributed by atoms with Gasteiger partial charge in [-0.3, -0.25) is 4.79 Å². The molecule has 1 aromatic heterocycles. The lowest BCUT2D eigenvalue weighted by atomic mass is 10.2. The fraction of sp³-hybridized carbons (Fsp3) is 0.333. The zero-order chi connectivity index (χ0) is 14.5. The highest BCUT2D eigenvalue weighted by molar-refractivity contribution is 5.91. The molecule has 1 heterocycles. The average molecular weight is 310 g/mol. The van der Waals surface area contributed by atoms with Crippen molar-refractivity contribution in [3.8, 4) is 11.5 Å². The van der Waals surface area contributed by atoms with Crippen molar-refractivity contribution in [1.82, 2.24) is 4.98 Å². The first-order valence-corrected chi connectivity index (χ1v) is 6.64. The maximum Gasteiger partial charge on any atom is 0.226 e. The van der Waals surface area contributed by atoms with Crippen LogP contribution in [0.4, 0.5) is 5.69 Å². The van der Waals surface area contributed by atoms with Gasteiger partial charge in [0.1, 0.15) is 5.76 Å². The number of carbonyl (C=O) groups excluding carboxylic acids is 1. The van der Waals surface area contributed by atoms with Crippen LogP contribution in [0.5, 0.6) is 0 Å². The summed E-state index contributed by atoms with van der Waals surface area (Å²) in [5, 5.41) is 2.84. The summed E-state index contributed by atoms with van der Waals surface area (Å²) in [6, 6.07) is 7.46. The first kappa shape index (κ1) is 17.2. The van der Waals surface area contributed by atoms with E-state index in [2.05, 4.69) is 10.3 Å². The maximum absolute atomic E-state index is 11.7. The zero-order valence-corrected chi connectivity index (χ0v) is 13.0. The smallest absolute Gasteiger partial charge is 0.226 e. The number of nitrogens with one attached hydrogen (secondary N) is 1. The number of carbonyl (C=O) groups is 1. The van der Waals surface area contributed by atoms with Gasteiger partial charge in [0, 0.05) is 17.7 Å². The lowest BCUT2D eigenvalue weighted by molar-refractivity contribution is -0.116. The Labute approximate surface area is 130 Å². The fourth-order valence-electron chi connectivity index (χ4n) is 1.81. The zero-order valence-electron chi connectivity index (χ0n) is 12.2. The molecule has 5 nitrogen and oxygen atoms in total. The number of benzene rings is 1. The molecule has 0 bridgehead atoms. The molecule has 0 unspecified atom stereocenters. The van der Waals surface area contributed by atoms with Gasteiger partial charge >= 0.3 is 0 Å². The number of halogens is 1. The molecule has 0 spiro atoms. The number of rotatable bonds is 5. The number of aryl methyl sites for hydroxylation is 2. The van der Waals surface area contributed by atoms with E-state index in [-0.39, 0.29) is 18.3 Å². The molecule has 3 N–H and O–H groups in total. The van der Waals surface area contributed by atoms with Gasteiger partial charge in [-0.1, -0.05) is 6.07 Å². The molecule has 114 valence electrons. The molecule has 1 aromatic carbocycles. The van der Waals surface area contributed by atoms with Gasteiger partial charge in [-0.15, -0.1) is 12.4 Å². The second kappa shape index (κ2) is 7.81. The van der Waals surface area contributed by atoms with Gasteiger partial charge in [-0.05, 0) is 45.0 Å². The Morgan fingerprint density at radius 2 is 2.14 bits per heavy atom. The average Bonchev–Trinajstić information content (AvgIpc) is 2.77. The Morgan fingerprint density at radius 1 is 1.38 bits per heavy atom. The second-order valence-electron chi connectivity index (χ2n) is 4.68. The minimum atomic E-state index is -0.0348. The van der Waals surface area contributed by atoms with Crippen LogP contribution in [0.1, 0.15) is 24.3 Å². The molecule has 0 atom stereocenters. The largest absolute Gasteiger partial charge is 0.441 e. The highest BCUT2D eigenvalue weighted by Gasteiger charge is 2.09. The third kappa shape index (κ3) is 4.58. The third-order valence-corrected chi connectivity index (χ3v) is 3.03. The summed E-state index contributed by atoms with van der Waals surface area (Å²) >= 11 is 0. The van der Waals surface area contributed by atoms with Crippen LogP contribution >= 0.6 is 12.4 Å².